The van der Waals surface area contributed by atoms with Gasteiger partial charge in [0.05, 0.1) is 30.6 Å². The second-order valence-electron chi connectivity index (χ2n) is 5.77. The van der Waals surface area contributed by atoms with Crippen molar-refractivity contribution < 1.29 is 9.53 Å². The molecule has 0 fully saturated rings. The maximum absolute atomic E-state index is 12.6. The van der Waals surface area contributed by atoms with E-state index >= 15 is 0 Å². The number of methoxy groups -OCH3 is 1. The van der Waals surface area contributed by atoms with Crippen LogP contribution in [0.25, 0.3) is 0 Å². The van der Waals surface area contributed by atoms with Crippen molar-refractivity contribution in [2.75, 3.05) is 7.11 Å². The molecule has 0 saturated heterocycles. The fourth-order valence-corrected chi connectivity index (χ4v) is 3.35. The number of aryl methyl sites for hydroxylation is 1. The van der Waals surface area contributed by atoms with Gasteiger partial charge in [-0.05, 0) is 38.3 Å². The summed E-state index contributed by atoms with van der Waals surface area (Å²) in [6.07, 6.45) is 4.84. The van der Waals surface area contributed by atoms with E-state index in [-0.39, 0.29) is 11.9 Å². The van der Waals surface area contributed by atoms with Crippen LogP contribution in [0.5, 0.6) is 5.75 Å². The van der Waals surface area contributed by atoms with Gasteiger partial charge >= 0.3 is 0 Å². The predicted octanol–water partition coefficient (Wildman–Crippen LogP) is 3.48. The van der Waals surface area contributed by atoms with Crippen molar-refractivity contribution in [3.8, 4) is 5.75 Å². The number of rotatable bonds is 4. The molecule has 1 amide bonds. The van der Waals surface area contributed by atoms with E-state index in [0.717, 1.165) is 47.3 Å². The van der Waals surface area contributed by atoms with Crippen LogP contribution in [-0.4, -0.2) is 22.8 Å². The Balaban J connectivity index is 1.79. The lowest BCUT2D eigenvalue weighted by Crippen LogP contribution is -2.28. The van der Waals surface area contributed by atoms with Gasteiger partial charge in [-0.15, -0.1) is 0 Å². The van der Waals surface area contributed by atoms with Crippen molar-refractivity contribution in [2.24, 2.45) is 0 Å². The molecule has 0 bridgehead atoms. The average Bonchev–Trinajstić information content (AvgIpc) is 2.98. The number of hydrogen-bond acceptors (Lipinski definition) is 3. The van der Waals surface area contributed by atoms with Gasteiger partial charge in [0.25, 0.3) is 5.91 Å². The minimum atomic E-state index is -0.148. The van der Waals surface area contributed by atoms with Gasteiger partial charge in [-0.25, -0.2) is 0 Å². The summed E-state index contributed by atoms with van der Waals surface area (Å²) in [4.78, 5) is 12.6. The number of fused-ring (bicyclic) bond motifs is 1. The summed E-state index contributed by atoms with van der Waals surface area (Å²) in [5.41, 5.74) is 2.68. The van der Waals surface area contributed by atoms with Crippen molar-refractivity contribution in [3.63, 3.8) is 0 Å². The van der Waals surface area contributed by atoms with E-state index in [4.69, 9.17) is 4.74 Å². The van der Waals surface area contributed by atoms with Gasteiger partial charge in [0.2, 0.25) is 0 Å². The minimum Gasteiger partial charge on any atom is -0.496 e. The maximum atomic E-state index is 12.6. The number of halogens is 1. The largest absolute Gasteiger partial charge is 0.496 e. The zero-order valence-electron chi connectivity index (χ0n) is 13.3. The SMILES string of the molecule is COc1cc(Br)ccc1[C@@H](C)NC(=O)c1cnn2c1CCCC2. The molecule has 0 aliphatic carbocycles. The molecule has 1 aromatic carbocycles. The van der Waals surface area contributed by atoms with Crippen LogP contribution in [0.15, 0.2) is 28.9 Å². The Labute approximate surface area is 144 Å². The van der Waals surface area contributed by atoms with E-state index in [9.17, 15) is 4.79 Å². The topological polar surface area (TPSA) is 56.1 Å². The van der Waals surface area contributed by atoms with Crippen LogP contribution in [0.2, 0.25) is 0 Å². The highest BCUT2D eigenvalue weighted by molar-refractivity contribution is 9.10. The van der Waals surface area contributed by atoms with E-state index in [1.165, 1.54) is 0 Å². The van der Waals surface area contributed by atoms with Gasteiger partial charge in [-0.3, -0.25) is 9.48 Å². The average molecular weight is 378 g/mol. The number of carbonyl (C=O) groups excluding carboxylic acids is 1. The smallest absolute Gasteiger partial charge is 0.255 e. The van der Waals surface area contributed by atoms with Crippen molar-refractivity contribution in [1.29, 1.82) is 0 Å². The summed E-state index contributed by atoms with van der Waals surface area (Å²) < 4.78 is 8.31. The van der Waals surface area contributed by atoms with Gasteiger partial charge < -0.3 is 10.1 Å². The summed E-state index contributed by atoms with van der Waals surface area (Å²) >= 11 is 3.43. The van der Waals surface area contributed by atoms with Crippen LogP contribution in [-0.2, 0) is 13.0 Å². The lowest BCUT2D eigenvalue weighted by Gasteiger charge is -2.19. The van der Waals surface area contributed by atoms with Crippen LogP contribution >= 0.6 is 15.9 Å². The monoisotopic (exact) mass is 377 g/mol. The van der Waals surface area contributed by atoms with Crippen LogP contribution in [0.3, 0.4) is 0 Å². The summed E-state index contributed by atoms with van der Waals surface area (Å²) in [6, 6.07) is 5.66. The number of hydrogen-bond donors (Lipinski definition) is 1. The molecule has 1 aliphatic heterocycles. The molecule has 3 rings (SSSR count). The van der Waals surface area contributed by atoms with Gasteiger partial charge in [-0.2, -0.15) is 5.10 Å². The number of ether oxygens (including phenoxy) is 1. The molecule has 1 atom stereocenters. The van der Waals surface area contributed by atoms with Crippen LogP contribution < -0.4 is 10.1 Å². The van der Waals surface area contributed by atoms with E-state index in [1.807, 2.05) is 29.8 Å². The zero-order chi connectivity index (χ0) is 16.4. The summed E-state index contributed by atoms with van der Waals surface area (Å²) in [5.74, 6) is 0.676. The molecule has 1 aliphatic rings. The molecule has 1 N–H and O–H groups in total. The predicted molar refractivity (Wildman–Crippen MR) is 91.7 cm³/mol. The fraction of sp³-hybridized carbons (Fsp3) is 0.412. The molecule has 122 valence electrons. The molecule has 1 aromatic heterocycles. The lowest BCUT2D eigenvalue weighted by molar-refractivity contribution is 0.0938. The first-order chi connectivity index (χ1) is 11.1. The number of carbonyl (C=O) groups is 1. The Bertz CT molecular complexity index is 727. The molecule has 0 saturated carbocycles. The molecule has 5 nitrogen and oxygen atoms in total. The molecule has 6 heteroatoms. The highest BCUT2D eigenvalue weighted by Gasteiger charge is 2.22. The van der Waals surface area contributed by atoms with Crippen LogP contribution in [0, 0.1) is 0 Å². The number of nitrogens with zero attached hydrogens (tertiary/aromatic N) is 2. The molecule has 0 unspecified atom stereocenters. The Morgan fingerprint density at radius 2 is 2.26 bits per heavy atom. The Morgan fingerprint density at radius 3 is 3.04 bits per heavy atom. The second kappa shape index (κ2) is 6.74. The van der Waals surface area contributed by atoms with Crippen LogP contribution in [0.1, 0.15) is 47.4 Å². The standard InChI is InChI=1S/C17H20BrN3O2/c1-11(13-7-6-12(18)9-16(13)23-2)20-17(22)14-10-19-21-8-4-3-5-15(14)21/h6-7,9-11H,3-5,8H2,1-2H3,(H,20,22)/t11-/m1/s1. The molecule has 0 spiro atoms. The molecular weight excluding hydrogens is 358 g/mol. The Hall–Kier alpha value is -1.82. The third kappa shape index (κ3) is 3.27. The molecule has 0 radical (unpaired) electrons. The van der Waals surface area contributed by atoms with Crippen molar-refractivity contribution in [3.05, 3.63) is 45.7 Å². The Morgan fingerprint density at radius 1 is 1.43 bits per heavy atom. The molecule has 23 heavy (non-hydrogen) atoms. The fourth-order valence-electron chi connectivity index (χ4n) is 3.01. The zero-order valence-corrected chi connectivity index (χ0v) is 14.9. The molecule has 2 aromatic rings. The summed E-state index contributed by atoms with van der Waals surface area (Å²) in [7, 11) is 1.63. The number of benzene rings is 1. The highest BCUT2D eigenvalue weighted by atomic mass is 79.9. The third-order valence-corrected chi connectivity index (χ3v) is 4.73. The summed E-state index contributed by atoms with van der Waals surface area (Å²) in [5, 5.41) is 7.38. The van der Waals surface area contributed by atoms with Crippen molar-refractivity contribution >= 4 is 21.8 Å². The lowest BCUT2D eigenvalue weighted by atomic mass is 10.0. The van der Waals surface area contributed by atoms with Gasteiger partial charge in [0.1, 0.15) is 5.75 Å². The first-order valence-corrected chi connectivity index (χ1v) is 8.58. The van der Waals surface area contributed by atoms with Gasteiger partial charge in [-0.1, -0.05) is 22.0 Å². The molecule has 2 heterocycles. The molecular formula is C17H20BrN3O2. The van der Waals surface area contributed by atoms with E-state index < -0.39 is 0 Å². The Kier molecular flexibility index (Phi) is 4.71. The number of aromatic nitrogens is 2. The maximum Gasteiger partial charge on any atom is 0.255 e. The van der Waals surface area contributed by atoms with Crippen molar-refractivity contribution in [1.82, 2.24) is 15.1 Å². The van der Waals surface area contributed by atoms with E-state index in [1.54, 1.807) is 13.3 Å². The second-order valence-corrected chi connectivity index (χ2v) is 6.68. The first kappa shape index (κ1) is 16.1. The highest BCUT2D eigenvalue weighted by Crippen LogP contribution is 2.29. The van der Waals surface area contributed by atoms with Gasteiger partial charge in [0.15, 0.2) is 0 Å². The third-order valence-electron chi connectivity index (χ3n) is 4.24. The quantitative estimate of drug-likeness (QED) is 0.886. The van der Waals surface area contributed by atoms with Gasteiger partial charge in [0, 0.05) is 16.6 Å². The van der Waals surface area contributed by atoms with E-state index in [2.05, 4.69) is 26.3 Å². The number of nitrogens with one attached hydrogen (secondary N) is 1. The minimum absolute atomic E-state index is 0.0781. The first-order valence-electron chi connectivity index (χ1n) is 7.79. The van der Waals surface area contributed by atoms with E-state index in [0.29, 0.717) is 5.56 Å². The number of amides is 1. The normalized spacial score (nSPS) is 14.9. The summed E-state index contributed by atoms with van der Waals surface area (Å²) in [6.45, 7) is 2.86. The van der Waals surface area contributed by atoms with Crippen molar-refractivity contribution in [2.45, 2.75) is 38.8 Å². The van der Waals surface area contributed by atoms with Crippen LogP contribution in [0.4, 0.5) is 0 Å².